The fourth-order valence-corrected chi connectivity index (χ4v) is 2.09. The minimum Gasteiger partial charge on any atom is -0.309 e. The van der Waals surface area contributed by atoms with E-state index in [1.807, 2.05) is 0 Å². The molecule has 1 unspecified atom stereocenters. The third-order valence-corrected chi connectivity index (χ3v) is 3.54. The zero-order chi connectivity index (χ0) is 13.7. The molecule has 0 saturated carbocycles. The van der Waals surface area contributed by atoms with Crippen molar-refractivity contribution in [2.24, 2.45) is 0 Å². The smallest absolute Gasteiger partial charge is 0.0292 e. The van der Waals surface area contributed by atoms with Gasteiger partial charge in [-0.15, -0.1) is 0 Å². The lowest BCUT2D eigenvalue weighted by atomic mass is 10.0. The molecule has 0 saturated heterocycles. The number of hydrogen-bond acceptors (Lipinski definition) is 2. The zero-order valence-corrected chi connectivity index (χ0v) is 12.7. The number of nitrogens with zero attached hydrogens (tertiary/aromatic N) is 1. The van der Waals surface area contributed by atoms with Crippen molar-refractivity contribution in [1.82, 2.24) is 10.2 Å². The molecule has 1 atom stereocenters. The highest BCUT2D eigenvalue weighted by Crippen LogP contribution is 2.16. The molecule has 0 radical (unpaired) electrons. The lowest BCUT2D eigenvalue weighted by Crippen LogP contribution is -2.34. The van der Waals surface area contributed by atoms with E-state index in [4.69, 9.17) is 0 Å². The topological polar surface area (TPSA) is 15.3 Å². The van der Waals surface area contributed by atoms with Crippen LogP contribution in [0.5, 0.6) is 0 Å². The Hall–Kier alpha value is -0.860. The Kier molecular flexibility index (Phi) is 5.83. The summed E-state index contributed by atoms with van der Waals surface area (Å²) < 4.78 is 0. The van der Waals surface area contributed by atoms with E-state index in [1.165, 1.54) is 16.7 Å². The summed E-state index contributed by atoms with van der Waals surface area (Å²) in [5.74, 6) is 0. The van der Waals surface area contributed by atoms with E-state index in [2.05, 4.69) is 70.1 Å². The van der Waals surface area contributed by atoms with Gasteiger partial charge in [-0.25, -0.2) is 0 Å². The van der Waals surface area contributed by atoms with Crippen LogP contribution in [0.15, 0.2) is 18.2 Å². The Morgan fingerprint density at radius 3 is 2.11 bits per heavy atom. The van der Waals surface area contributed by atoms with E-state index < -0.39 is 0 Å². The van der Waals surface area contributed by atoms with Gasteiger partial charge in [-0.1, -0.05) is 29.3 Å². The largest absolute Gasteiger partial charge is 0.309 e. The Bertz CT molecular complexity index is 351. The summed E-state index contributed by atoms with van der Waals surface area (Å²) in [6, 6.07) is 7.81. The van der Waals surface area contributed by atoms with Crippen molar-refractivity contribution in [2.45, 2.75) is 46.7 Å². The summed E-state index contributed by atoms with van der Waals surface area (Å²) in [6.07, 6.45) is 0. The fraction of sp³-hybridized carbons (Fsp3) is 0.625. The summed E-state index contributed by atoms with van der Waals surface area (Å²) >= 11 is 0. The molecule has 0 amide bonds. The van der Waals surface area contributed by atoms with Gasteiger partial charge in [0, 0.05) is 25.2 Å². The molecule has 0 fully saturated rings. The first-order chi connectivity index (χ1) is 8.40. The Balaban J connectivity index is 2.47. The van der Waals surface area contributed by atoms with Crippen LogP contribution in [0.2, 0.25) is 0 Å². The van der Waals surface area contributed by atoms with E-state index in [9.17, 15) is 0 Å². The van der Waals surface area contributed by atoms with Gasteiger partial charge in [-0.3, -0.25) is 0 Å². The van der Waals surface area contributed by atoms with E-state index in [-0.39, 0.29) is 0 Å². The van der Waals surface area contributed by atoms with Gasteiger partial charge in [0.2, 0.25) is 0 Å². The second-order valence-corrected chi connectivity index (χ2v) is 5.67. The van der Waals surface area contributed by atoms with Crippen LogP contribution in [0.1, 0.15) is 43.5 Å². The van der Waals surface area contributed by atoms with Gasteiger partial charge in [0.1, 0.15) is 0 Å². The summed E-state index contributed by atoms with van der Waals surface area (Å²) in [6.45, 7) is 13.1. The number of benzene rings is 1. The molecule has 18 heavy (non-hydrogen) atoms. The van der Waals surface area contributed by atoms with E-state index in [0.717, 1.165) is 13.1 Å². The second kappa shape index (κ2) is 6.91. The summed E-state index contributed by atoms with van der Waals surface area (Å²) in [5, 5.41) is 3.60. The zero-order valence-electron chi connectivity index (χ0n) is 12.7. The summed E-state index contributed by atoms with van der Waals surface area (Å²) in [7, 11) is 2.17. The number of nitrogens with one attached hydrogen (secondary N) is 1. The van der Waals surface area contributed by atoms with Crippen molar-refractivity contribution in [1.29, 1.82) is 0 Å². The maximum atomic E-state index is 3.60. The highest BCUT2D eigenvalue weighted by Gasteiger charge is 2.07. The molecule has 102 valence electrons. The molecule has 2 heteroatoms. The molecule has 1 aromatic carbocycles. The molecule has 2 nitrogen and oxygen atoms in total. The molecular weight excluding hydrogens is 220 g/mol. The van der Waals surface area contributed by atoms with Crippen LogP contribution in [-0.2, 0) is 0 Å². The molecular formula is C16H28N2. The van der Waals surface area contributed by atoms with Gasteiger partial charge in [-0.05, 0) is 47.2 Å². The van der Waals surface area contributed by atoms with Gasteiger partial charge in [-0.2, -0.15) is 0 Å². The van der Waals surface area contributed by atoms with Crippen LogP contribution < -0.4 is 5.32 Å². The maximum Gasteiger partial charge on any atom is 0.0292 e. The number of aryl methyl sites for hydroxylation is 2. The molecule has 0 spiro atoms. The molecule has 1 rings (SSSR count). The molecule has 0 heterocycles. The van der Waals surface area contributed by atoms with Crippen molar-refractivity contribution >= 4 is 0 Å². The number of hydrogen-bond donors (Lipinski definition) is 1. The third-order valence-electron chi connectivity index (χ3n) is 3.54. The minimum atomic E-state index is 0.421. The molecule has 1 N–H and O–H groups in total. The number of likely N-dealkylation sites (N-methyl/N-ethyl adjacent to an activating group) is 1. The first kappa shape index (κ1) is 15.2. The van der Waals surface area contributed by atoms with Crippen LogP contribution in [0.3, 0.4) is 0 Å². The summed E-state index contributed by atoms with van der Waals surface area (Å²) in [4.78, 5) is 2.36. The van der Waals surface area contributed by atoms with Crippen LogP contribution in [0, 0.1) is 13.8 Å². The van der Waals surface area contributed by atoms with E-state index in [0.29, 0.717) is 12.1 Å². The molecule has 0 aliphatic rings. The standard InChI is InChI=1S/C16H28N2/c1-12(2)18(6)8-7-17-15(5)16-10-13(3)9-14(4)11-16/h9-12,15,17H,7-8H2,1-6H3. The van der Waals surface area contributed by atoms with Crippen molar-refractivity contribution < 1.29 is 0 Å². The average molecular weight is 248 g/mol. The normalized spacial score (nSPS) is 13.3. The van der Waals surface area contributed by atoms with Gasteiger partial charge in [0.05, 0.1) is 0 Å². The maximum absolute atomic E-state index is 3.60. The third kappa shape index (κ3) is 4.79. The first-order valence-electron chi connectivity index (χ1n) is 6.92. The highest BCUT2D eigenvalue weighted by molar-refractivity contribution is 5.30. The SMILES string of the molecule is Cc1cc(C)cc(C(C)NCCN(C)C(C)C)c1. The van der Waals surface area contributed by atoms with Gasteiger partial charge in [0.15, 0.2) is 0 Å². The van der Waals surface area contributed by atoms with Gasteiger partial charge < -0.3 is 10.2 Å². The second-order valence-electron chi connectivity index (χ2n) is 5.67. The van der Waals surface area contributed by atoms with Crippen LogP contribution in [-0.4, -0.2) is 31.1 Å². The van der Waals surface area contributed by atoms with Crippen molar-refractivity contribution in [2.75, 3.05) is 20.1 Å². The van der Waals surface area contributed by atoms with Crippen LogP contribution in [0.4, 0.5) is 0 Å². The predicted octanol–water partition coefficient (Wildman–Crippen LogP) is 3.29. The quantitative estimate of drug-likeness (QED) is 0.831. The Morgan fingerprint density at radius 2 is 1.61 bits per heavy atom. The van der Waals surface area contributed by atoms with Gasteiger partial charge >= 0.3 is 0 Å². The average Bonchev–Trinajstić information content (AvgIpc) is 2.27. The number of rotatable bonds is 6. The molecule has 0 bridgehead atoms. The Morgan fingerprint density at radius 1 is 1.06 bits per heavy atom. The molecule has 1 aromatic rings. The fourth-order valence-electron chi connectivity index (χ4n) is 2.09. The van der Waals surface area contributed by atoms with E-state index >= 15 is 0 Å². The predicted molar refractivity (Wildman–Crippen MR) is 80.1 cm³/mol. The van der Waals surface area contributed by atoms with E-state index in [1.54, 1.807) is 0 Å². The highest BCUT2D eigenvalue weighted by atomic mass is 15.1. The van der Waals surface area contributed by atoms with Crippen LogP contribution >= 0.6 is 0 Å². The lowest BCUT2D eigenvalue weighted by molar-refractivity contribution is 0.270. The van der Waals surface area contributed by atoms with Gasteiger partial charge in [0.25, 0.3) is 0 Å². The summed E-state index contributed by atoms with van der Waals surface area (Å²) in [5.41, 5.74) is 4.08. The lowest BCUT2D eigenvalue weighted by Gasteiger charge is -2.23. The van der Waals surface area contributed by atoms with Crippen molar-refractivity contribution in [3.63, 3.8) is 0 Å². The van der Waals surface area contributed by atoms with Crippen LogP contribution in [0.25, 0.3) is 0 Å². The first-order valence-corrected chi connectivity index (χ1v) is 6.92. The Labute approximate surface area is 112 Å². The monoisotopic (exact) mass is 248 g/mol. The van der Waals surface area contributed by atoms with Crippen molar-refractivity contribution in [3.8, 4) is 0 Å². The molecule has 0 aliphatic carbocycles. The minimum absolute atomic E-state index is 0.421. The molecule has 0 aromatic heterocycles. The van der Waals surface area contributed by atoms with Crippen molar-refractivity contribution in [3.05, 3.63) is 34.9 Å². The molecule has 0 aliphatic heterocycles.